The van der Waals surface area contributed by atoms with Crippen LogP contribution in [0.4, 0.5) is 10.7 Å². The number of piperazine rings is 1. The van der Waals surface area contributed by atoms with Crippen molar-refractivity contribution in [3.05, 3.63) is 11.6 Å². The van der Waals surface area contributed by atoms with E-state index in [0.717, 1.165) is 0 Å². The van der Waals surface area contributed by atoms with E-state index in [1.54, 1.807) is 4.90 Å². The highest BCUT2D eigenvalue weighted by atomic mass is 35.5. The van der Waals surface area contributed by atoms with Crippen LogP contribution in [0.5, 0.6) is 0 Å². The molecule has 2 rings (SSSR count). The number of aromatic nitrogens is 3. The summed E-state index contributed by atoms with van der Waals surface area (Å²) in [6.45, 7) is 7.98. The van der Waals surface area contributed by atoms with Gasteiger partial charge in [0.25, 0.3) is 0 Å². The summed E-state index contributed by atoms with van der Waals surface area (Å²) in [6.07, 6.45) is 1.09. The average molecular weight is 300 g/mol. The normalized spacial score (nSPS) is 16.2. The first-order valence-electron chi connectivity index (χ1n) is 6.42. The summed E-state index contributed by atoms with van der Waals surface area (Å²) < 4.78 is 5.34. The number of carbonyl (C=O) groups is 1. The molecule has 0 unspecified atom stereocenters. The Balaban J connectivity index is 1.91. The first kappa shape index (κ1) is 14.8. The molecule has 0 aromatic carbocycles. The van der Waals surface area contributed by atoms with E-state index in [9.17, 15) is 4.79 Å². The Labute approximate surface area is 122 Å². The van der Waals surface area contributed by atoms with Crippen molar-refractivity contribution < 1.29 is 9.53 Å². The molecular weight excluding hydrogens is 282 g/mol. The molecule has 0 N–H and O–H groups in total. The van der Waals surface area contributed by atoms with Crippen LogP contribution in [0.25, 0.3) is 0 Å². The molecule has 0 radical (unpaired) electrons. The maximum atomic E-state index is 11.9. The molecule has 2 heterocycles. The number of amides is 1. The van der Waals surface area contributed by atoms with Gasteiger partial charge in [-0.1, -0.05) is 0 Å². The molecule has 1 aromatic heterocycles. The molecule has 0 aliphatic carbocycles. The summed E-state index contributed by atoms with van der Waals surface area (Å²) in [5, 5.41) is 0.171. The van der Waals surface area contributed by atoms with Gasteiger partial charge in [-0.15, -0.1) is 0 Å². The van der Waals surface area contributed by atoms with E-state index in [4.69, 9.17) is 16.3 Å². The van der Waals surface area contributed by atoms with Crippen LogP contribution in [0.2, 0.25) is 5.28 Å². The molecule has 0 atom stereocenters. The molecule has 1 aromatic rings. The van der Waals surface area contributed by atoms with Crippen LogP contribution >= 0.6 is 11.6 Å². The number of halogens is 1. The van der Waals surface area contributed by atoms with Crippen LogP contribution in [-0.4, -0.2) is 57.7 Å². The van der Waals surface area contributed by atoms with Gasteiger partial charge in [-0.3, -0.25) is 0 Å². The van der Waals surface area contributed by atoms with E-state index in [1.165, 1.54) is 6.33 Å². The fourth-order valence-electron chi connectivity index (χ4n) is 1.84. The molecule has 7 nitrogen and oxygen atoms in total. The van der Waals surface area contributed by atoms with Crippen molar-refractivity contribution in [2.45, 2.75) is 26.4 Å². The zero-order chi connectivity index (χ0) is 14.8. The third kappa shape index (κ3) is 3.93. The molecule has 0 saturated carbocycles. The van der Waals surface area contributed by atoms with Gasteiger partial charge in [0, 0.05) is 26.2 Å². The molecule has 1 aliphatic rings. The first-order valence-corrected chi connectivity index (χ1v) is 6.80. The van der Waals surface area contributed by atoms with Gasteiger partial charge in [-0.2, -0.15) is 4.98 Å². The van der Waals surface area contributed by atoms with Crippen molar-refractivity contribution in [1.82, 2.24) is 19.9 Å². The standard InChI is InChI=1S/C12H18ClN5O2/c1-12(2,3)20-11(19)18-6-4-17(5-7-18)10-15-8-14-9(13)16-10/h8H,4-7H2,1-3H3. The second-order valence-corrected chi connectivity index (χ2v) is 5.85. The van der Waals surface area contributed by atoms with Gasteiger partial charge in [-0.25, -0.2) is 14.8 Å². The van der Waals surface area contributed by atoms with E-state index in [-0.39, 0.29) is 11.4 Å². The smallest absolute Gasteiger partial charge is 0.410 e. The quantitative estimate of drug-likeness (QED) is 0.784. The van der Waals surface area contributed by atoms with Crippen molar-refractivity contribution >= 4 is 23.6 Å². The topological polar surface area (TPSA) is 71.5 Å². The monoisotopic (exact) mass is 299 g/mol. The minimum Gasteiger partial charge on any atom is -0.444 e. The van der Waals surface area contributed by atoms with Crippen LogP contribution in [0.15, 0.2) is 6.33 Å². The van der Waals surface area contributed by atoms with Gasteiger partial charge in [0.1, 0.15) is 11.9 Å². The van der Waals surface area contributed by atoms with Gasteiger partial charge in [0.2, 0.25) is 11.2 Å². The van der Waals surface area contributed by atoms with Crippen molar-refractivity contribution in [3.8, 4) is 0 Å². The van der Waals surface area contributed by atoms with Crippen LogP contribution in [0.3, 0.4) is 0 Å². The van der Waals surface area contributed by atoms with Crippen LogP contribution in [-0.2, 0) is 4.74 Å². The zero-order valence-electron chi connectivity index (χ0n) is 11.8. The number of carbonyl (C=O) groups excluding carboxylic acids is 1. The van der Waals surface area contributed by atoms with Gasteiger partial charge in [-0.05, 0) is 32.4 Å². The van der Waals surface area contributed by atoms with E-state index >= 15 is 0 Å². The number of ether oxygens (including phenoxy) is 1. The molecule has 20 heavy (non-hydrogen) atoms. The summed E-state index contributed by atoms with van der Waals surface area (Å²) >= 11 is 5.74. The maximum absolute atomic E-state index is 11.9. The number of hydrogen-bond donors (Lipinski definition) is 0. The lowest BCUT2D eigenvalue weighted by Gasteiger charge is -2.35. The lowest BCUT2D eigenvalue weighted by molar-refractivity contribution is 0.0240. The maximum Gasteiger partial charge on any atom is 0.410 e. The SMILES string of the molecule is CC(C)(C)OC(=O)N1CCN(c2ncnc(Cl)n2)CC1. The van der Waals surface area contributed by atoms with Crippen molar-refractivity contribution in [1.29, 1.82) is 0 Å². The van der Waals surface area contributed by atoms with E-state index in [2.05, 4.69) is 15.0 Å². The Morgan fingerprint density at radius 3 is 2.45 bits per heavy atom. The van der Waals surface area contributed by atoms with Crippen molar-refractivity contribution in [2.75, 3.05) is 31.1 Å². The summed E-state index contributed by atoms with van der Waals surface area (Å²) in [4.78, 5) is 27.5. The lowest BCUT2D eigenvalue weighted by atomic mass is 10.2. The largest absolute Gasteiger partial charge is 0.444 e. The third-order valence-electron chi connectivity index (χ3n) is 2.74. The second kappa shape index (κ2) is 5.78. The molecular formula is C12H18ClN5O2. The van der Waals surface area contributed by atoms with Crippen molar-refractivity contribution in [3.63, 3.8) is 0 Å². The Kier molecular flexibility index (Phi) is 4.27. The fourth-order valence-corrected chi connectivity index (χ4v) is 1.96. The van der Waals surface area contributed by atoms with Gasteiger partial charge >= 0.3 is 6.09 Å². The highest BCUT2D eigenvalue weighted by Gasteiger charge is 2.26. The predicted octanol–water partition coefficient (Wildman–Crippen LogP) is 1.58. The summed E-state index contributed by atoms with van der Waals surface area (Å²) in [5.74, 6) is 0.536. The van der Waals surface area contributed by atoms with Gasteiger partial charge in [0.05, 0.1) is 0 Å². The first-order chi connectivity index (χ1) is 9.35. The Hall–Kier alpha value is -1.63. The van der Waals surface area contributed by atoms with E-state index in [0.29, 0.717) is 32.1 Å². The molecule has 8 heteroatoms. The Morgan fingerprint density at radius 2 is 1.90 bits per heavy atom. The van der Waals surface area contributed by atoms with Crippen LogP contribution in [0.1, 0.15) is 20.8 Å². The van der Waals surface area contributed by atoms with Crippen LogP contribution < -0.4 is 4.90 Å². The lowest BCUT2D eigenvalue weighted by Crippen LogP contribution is -2.50. The number of anilines is 1. The number of nitrogens with zero attached hydrogens (tertiary/aromatic N) is 5. The average Bonchev–Trinajstić information content (AvgIpc) is 2.37. The van der Waals surface area contributed by atoms with Crippen molar-refractivity contribution in [2.24, 2.45) is 0 Å². The molecule has 1 saturated heterocycles. The minimum atomic E-state index is -0.476. The highest BCUT2D eigenvalue weighted by molar-refractivity contribution is 6.28. The predicted molar refractivity (Wildman–Crippen MR) is 74.9 cm³/mol. The summed E-state index contributed by atoms with van der Waals surface area (Å²) in [7, 11) is 0. The van der Waals surface area contributed by atoms with E-state index < -0.39 is 5.60 Å². The van der Waals surface area contributed by atoms with E-state index in [1.807, 2.05) is 25.7 Å². The minimum absolute atomic E-state index is 0.171. The molecule has 110 valence electrons. The molecule has 1 fully saturated rings. The third-order valence-corrected chi connectivity index (χ3v) is 2.93. The highest BCUT2D eigenvalue weighted by Crippen LogP contribution is 2.15. The zero-order valence-corrected chi connectivity index (χ0v) is 12.6. The second-order valence-electron chi connectivity index (χ2n) is 5.51. The van der Waals surface area contributed by atoms with Gasteiger partial charge < -0.3 is 14.5 Å². The van der Waals surface area contributed by atoms with Gasteiger partial charge in [0.15, 0.2) is 0 Å². The summed E-state index contributed by atoms with van der Waals surface area (Å²) in [5.41, 5.74) is -0.476. The fraction of sp³-hybridized carbons (Fsp3) is 0.667. The number of rotatable bonds is 1. The Morgan fingerprint density at radius 1 is 1.25 bits per heavy atom. The van der Waals surface area contributed by atoms with Crippen LogP contribution in [0, 0.1) is 0 Å². The molecule has 0 spiro atoms. The molecule has 1 aliphatic heterocycles. The Bertz CT molecular complexity index is 483. The summed E-state index contributed by atoms with van der Waals surface area (Å²) in [6, 6.07) is 0. The number of hydrogen-bond acceptors (Lipinski definition) is 6. The molecule has 1 amide bonds. The molecule has 0 bridgehead atoms.